The average Bonchev–Trinajstić information content (AvgIpc) is 2.30. The van der Waals surface area contributed by atoms with Gasteiger partial charge < -0.3 is 5.32 Å². The maximum absolute atomic E-state index is 14.2. The number of halogens is 3. The van der Waals surface area contributed by atoms with E-state index in [4.69, 9.17) is 0 Å². The van der Waals surface area contributed by atoms with Crippen molar-refractivity contribution in [2.75, 3.05) is 13.1 Å². The van der Waals surface area contributed by atoms with Gasteiger partial charge in [0.25, 0.3) is 5.92 Å². The van der Waals surface area contributed by atoms with Crippen LogP contribution in [-0.4, -0.2) is 13.1 Å². The Morgan fingerprint density at radius 2 is 2.19 bits per heavy atom. The van der Waals surface area contributed by atoms with Gasteiger partial charge in [0, 0.05) is 22.5 Å². The second-order valence-electron chi connectivity index (χ2n) is 4.18. The Morgan fingerprint density at radius 1 is 1.38 bits per heavy atom. The molecule has 1 saturated heterocycles. The van der Waals surface area contributed by atoms with Crippen LogP contribution in [0, 0.1) is 5.92 Å². The van der Waals surface area contributed by atoms with Crippen LogP contribution in [0.1, 0.15) is 18.4 Å². The predicted molar refractivity (Wildman–Crippen MR) is 63.6 cm³/mol. The molecule has 1 unspecified atom stereocenters. The number of hydrogen-bond acceptors (Lipinski definition) is 1. The van der Waals surface area contributed by atoms with E-state index in [0.717, 1.165) is 13.0 Å². The van der Waals surface area contributed by atoms with Crippen LogP contribution >= 0.6 is 15.9 Å². The molecule has 0 bridgehead atoms. The van der Waals surface area contributed by atoms with Crippen LogP contribution in [0.5, 0.6) is 0 Å². The van der Waals surface area contributed by atoms with Gasteiger partial charge in [0.2, 0.25) is 0 Å². The Labute approximate surface area is 102 Å². The maximum Gasteiger partial charge on any atom is 0.277 e. The molecule has 88 valence electrons. The summed E-state index contributed by atoms with van der Waals surface area (Å²) in [4.78, 5) is 0. The molecule has 2 rings (SSSR count). The lowest BCUT2D eigenvalue weighted by molar-refractivity contribution is -0.0725. The molecule has 0 saturated carbocycles. The molecule has 1 atom stereocenters. The van der Waals surface area contributed by atoms with Crippen molar-refractivity contribution in [3.8, 4) is 0 Å². The summed E-state index contributed by atoms with van der Waals surface area (Å²) in [5, 5.41) is 3.03. The van der Waals surface area contributed by atoms with Crippen LogP contribution in [0.25, 0.3) is 0 Å². The first kappa shape index (κ1) is 12.0. The third-order valence-electron chi connectivity index (χ3n) is 3.02. The SMILES string of the molecule is FC(F)(c1cccc(Br)c1)C1CCCNC1. The van der Waals surface area contributed by atoms with E-state index in [0.29, 0.717) is 17.4 Å². The van der Waals surface area contributed by atoms with Crippen molar-refractivity contribution in [3.05, 3.63) is 34.3 Å². The lowest BCUT2D eigenvalue weighted by atomic mass is 9.88. The third kappa shape index (κ3) is 2.43. The second-order valence-corrected chi connectivity index (χ2v) is 5.09. The van der Waals surface area contributed by atoms with Crippen molar-refractivity contribution in [2.45, 2.75) is 18.8 Å². The van der Waals surface area contributed by atoms with Gasteiger partial charge in [-0.2, -0.15) is 0 Å². The fourth-order valence-electron chi connectivity index (χ4n) is 2.09. The van der Waals surface area contributed by atoms with Gasteiger partial charge in [-0.3, -0.25) is 0 Å². The molecule has 4 heteroatoms. The van der Waals surface area contributed by atoms with Crippen LogP contribution in [0.3, 0.4) is 0 Å². The molecule has 0 aliphatic carbocycles. The Bertz CT molecular complexity index is 362. The van der Waals surface area contributed by atoms with Gasteiger partial charge in [-0.15, -0.1) is 0 Å². The highest BCUT2D eigenvalue weighted by Gasteiger charge is 2.41. The van der Waals surface area contributed by atoms with Crippen molar-refractivity contribution in [1.29, 1.82) is 0 Å². The van der Waals surface area contributed by atoms with Crippen LogP contribution in [0.2, 0.25) is 0 Å². The summed E-state index contributed by atoms with van der Waals surface area (Å²) in [6.45, 7) is 1.25. The lowest BCUT2D eigenvalue weighted by Crippen LogP contribution is -2.39. The van der Waals surface area contributed by atoms with E-state index in [2.05, 4.69) is 21.2 Å². The zero-order valence-corrected chi connectivity index (χ0v) is 10.4. The molecule has 1 aliphatic rings. The number of hydrogen-bond donors (Lipinski definition) is 1. The van der Waals surface area contributed by atoms with Gasteiger partial charge >= 0.3 is 0 Å². The molecule has 1 aromatic rings. The Hall–Kier alpha value is -0.480. The van der Waals surface area contributed by atoms with Crippen molar-refractivity contribution < 1.29 is 8.78 Å². The van der Waals surface area contributed by atoms with Gasteiger partial charge in [0.15, 0.2) is 0 Å². The molecular weight excluding hydrogens is 276 g/mol. The van der Waals surface area contributed by atoms with E-state index < -0.39 is 11.8 Å². The number of benzene rings is 1. The zero-order chi connectivity index (χ0) is 11.6. The minimum atomic E-state index is -2.74. The number of piperidine rings is 1. The first-order chi connectivity index (χ1) is 7.60. The highest BCUT2D eigenvalue weighted by atomic mass is 79.9. The number of alkyl halides is 2. The normalized spacial score (nSPS) is 22.1. The largest absolute Gasteiger partial charge is 0.316 e. The Morgan fingerprint density at radius 3 is 2.81 bits per heavy atom. The summed E-state index contributed by atoms with van der Waals surface area (Å²) in [5.41, 5.74) is 0.107. The molecule has 1 aliphatic heterocycles. The monoisotopic (exact) mass is 289 g/mol. The smallest absolute Gasteiger partial charge is 0.277 e. The van der Waals surface area contributed by atoms with Crippen molar-refractivity contribution in [3.63, 3.8) is 0 Å². The fraction of sp³-hybridized carbons (Fsp3) is 0.500. The number of rotatable bonds is 2. The van der Waals surface area contributed by atoms with Gasteiger partial charge in [0.05, 0.1) is 0 Å². The predicted octanol–water partition coefficient (Wildman–Crippen LogP) is 3.54. The topological polar surface area (TPSA) is 12.0 Å². The summed E-state index contributed by atoms with van der Waals surface area (Å²) in [6.07, 6.45) is 1.42. The quantitative estimate of drug-likeness (QED) is 0.878. The van der Waals surface area contributed by atoms with Crippen molar-refractivity contribution in [2.24, 2.45) is 5.92 Å². The molecule has 0 radical (unpaired) electrons. The van der Waals surface area contributed by atoms with E-state index in [9.17, 15) is 8.78 Å². The Kier molecular flexibility index (Phi) is 3.60. The van der Waals surface area contributed by atoms with Crippen molar-refractivity contribution >= 4 is 15.9 Å². The minimum Gasteiger partial charge on any atom is -0.316 e. The first-order valence-electron chi connectivity index (χ1n) is 5.45. The highest BCUT2D eigenvalue weighted by Crippen LogP contribution is 2.39. The summed E-state index contributed by atoms with van der Waals surface area (Å²) >= 11 is 3.23. The molecule has 0 aromatic heterocycles. The summed E-state index contributed by atoms with van der Waals surface area (Å²) < 4.78 is 29.0. The first-order valence-corrected chi connectivity index (χ1v) is 6.24. The standard InChI is InChI=1S/C12H14BrF2N/c13-11-5-1-3-9(7-11)12(14,15)10-4-2-6-16-8-10/h1,3,5,7,10,16H,2,4,6,8H2. The second kappa shape index (κ2) is 4.80. The maximum atomic E-state index is 14.2. The fourth-order valence-corrected chi connectivity index (χ4v) is 2.49. The average molecular weight is 290 g/mol. The van der Waals surface area contributed by atoms with Crippen LogP contribution in [-0.2, 0) is 5.92 Å². The minimum absolute atomic E-state index is 0.107. The molecule has 1 fully saturated rings. The summed E-state index contributed by atoms with van der Waals surface area (Å²) in [7, 11) is 0. The molecule has 1 heterocycles. The summed E-state index contributed by atoms with van der Waals surface area (Å²) in [5.74, 6) is -3.33. The molecular formula is C12H14BrF2N. The molecule has 1 aromatic carbocycles. The van der Waals surface area contributed by atoms with E-state index in [1.807, 2.05) is 0 Å². The van der Waals surface area contributed by atoms with Gasteiger partial charge in [-0.1, -0.05) is 28.1 Å². The summed E-state index contributed by atoms with van der Waals surface area (Å²) in [6, 6.07) is 6.43. The van der Waals surface area contributed by atoms with Gasteiger partial charge in [0.1, 0.15) is 0 Å². The molecule has 0 spiro atoms. The van der Waals surface area contributed by atoms with E-state index >= 15 is 0 Å². The van der Waals surface area contributed by atoms with Crippen LogP contribution < -0.4 is 5.32 Å². The van der Waals surface area contributed by atoms with Crippen LogP contribution in [0.4, 0.5) is 8.78 Å². The van der Waals surface area contributed by atoms with Gasteiger partial charge in [-0.25, -0.2) is 8.78 Å². The number of nitrogens with one attached hydrogen (secondary N) is 1. The third-order valence-corrected chi connectivity index (χ3v) is 3.51. The van der Waals surface area contributed by atoms with E-state index in [-0.39, 0.29) is 5.56 Å². The Balaban J connectivity index is 2.22. The van der Waals surface area contributed by atoms with Gasteiger partial charge in [-0.05, 0) is 31.5 Å². The van der Waals surface area contributed by atoms with E-state index in [1.165, 1.54) is 12.1 Å². The van der Waals surface area contributed by atoms with Crippen LogP contribution in [0.15, 0.2) is 28.7 Å². The van der Waals surface area contributed by atoms with E-state index in [1.54, 1.807) is 12.1 Å². The lowest BCUT2D eigenvalue weighted by Gasteiger charge is -2.30. The molecule has 1 nitrogen and oxygen atoms in total. The highest BCUT2D eigenvalue weighted by molar-refractivity contribution is 9.10. The molecule has 16 heavy (non-hydrogen) atoms. The van der Waals surface area contributed by atoms with Crippen molar-refractivity contribution in [1.82, 2.24) is 5.32 Å². The molecule has 1 N–H and O–H groups in total. The zero-order valence-electron chi connectivity index (χ0n) is 8.85. The molecule has 0 amide bonds.